The third kappa shape index (κ3) is 3.96. The third-order valence-electron chi connectivity index (χ3n) is 11.1. The summed E-state index contributed by atoms with van der Waals surface area (Å²) < 4.78 is 0. The van der Waals surface area contributed by atoms with Gasteiger partial charge in [-0.3, -0.25) is 0 Å². The summed E-state index contributed by atoms with van der Waals surface area (Å²) in [5.74, 6) is 6.46. The molecule has 0 aromatic rings. The van der Waals surface area contributed by atoms with Crippen LogP contribution in [0.3, 0.4) is 0 Å². The van der Waals surface area contributed by atoms with Gasteiger partial charge < -0.3 is 5.11 Å². The van der Waals surface area contributed by atoms with Crippen molar-refractivity contribution in [3.63, 3.8) is 0 Å². The second-order valence-electron chi connectivity index (χ2n) is 13.0. The van der Waals surface area contributed by atoms with Gasteiger partial charge in [0.15, 0.2) is 0 Å². The molecule has 29 heavy (non-hydrogen) atoms. The van der Waals surface area contributed by atoms with E-state index in [-0.39, 0.29) is 6.10 Å². The lowest BCUT2D eigenvalue weighted by molar-refractivity contribution is -0.106. The molecule has 9 atom stereocenters. The molecule has 0 unspecified atom stereocenters. The number of hydrogen-bond acceptors (Lipinski definition) is 1. The molecule has 4 aliphatic carbocycles. The van der Waals surface area contributed by atoms with E-state index in [1.807, 2.05) is 0 Å². The fourth-order valence-corrected chi connectivity index (χ4v) is 9.50. The Kier molecular flexibility index (Phi) is 6.48. The second-order valence-corrected chi connectivity index (χ2v) is 13.0. The minimum Gasteiger partial charge on any atom is -0.393 e. The summed E-state index contributed by atoms with van der Waals surface area (Å²) in [7, 11) is 0. The first-order chi connectivity index (χ1) is 13.8. The van der Waals surface area contributed by atoms with E-state index >= 15 is 0 Å². The lowest BCUT2D eigenvalue weighted by Crippen LogP contribution is -2.52. The SMILES string of the molecule is CC(C)CCC[C@@H](C)[C@@H]1CC[C@@H]2[C@@H]3CC[C@H]4C[C@H](O)CCC[C@]4(C)[C@H]3CC[C@@]21C. The van der Waals surface area contributed by atoms with Gasteiger partial charge in [0.05, 0.1) is 6.10 Å². The van der Waals surface area contributed by atoms with E-state index in [1.54, 1.807) is 0 Å². The molecule has 4 fully saturated rings. The average molecular weight is 403 g/mol. The molecule has 168 valence electrons. The number of fused-ring (bicyclic) bond motifs is 5. The maximum absolute atomic E-state index is 10.4. The molecular formula is C28H50O. The lowest BCUT2D eigenvalue weighted by Gasteiger charge is -2.59. The first-order valence-electron chi connectivity index (χ1n) is 13.4. The Bertz CT molecular complexity index is 555. The Morgan fingerprint density at radius 3 is 2.34 bits per heavy atom. The molecule has 0 bridgehead atoms. The standard InChI is InChI=1S/C28H50O/c1-19(2)8-6-9-20(3)24-13-14-25-23-12-11-21-18-22(29)10-7-16-27(21,4)26(23)15-17-28(24,25)5/h19-26,29H,6-18H2,1-5H3/t20-,21+,22-,23+,24+,25-,26+,27+,28-/m1/s1. The summed E-state index contributed by atoms with van der Waals surface area (Å²) in [6.07, 6.45) is 17.9. The highest BCUT2D eigenvalue weighted by Gasteiger charge is 2.60. The Hall–Kier alpha value is -0.0400. The fourth-order valence-electron chi connectivity index (χ4n) is 9.50. The molecule has 0 aliphatic heterocycles. The van der Waals surface area contributed by atoms with Crippen LogP contribution in [0.1, 0.15) is 118 Å². The van der Waals surface area contributed by atoms with Gasteiger partial charge in [0, 0.05) is 0 Å². The quantitative estimate of drug-likeness (QED) is 0.496. The number of rotatable bonds is 5. The summed E-state index contributed by atoms with van der Waals surface area (Å²) in [6, 6.07) is 0. The largest absolute Gasteiger partial charge is 0.393 e. The first-order valence-corrected chi connectivity index (χ1v) is 13.4. The van der Waals surface area contributed by atoms with Crippen molar-refractivity contribution in [2.45, 2.75) is 124 Å². The van der Waals surface area contributed by atoms with Crippen molar-refractivity contribution in [1.29, 1.82) is 0 Å². The van der Waals surface area contributed by atoms with E-state index in [0.29, 0.717) is 10.8 Å². The highest BCUT2D eigenvalue weighted by atomic mass is 16.3. The molecular weight excluding hydrogens is 352 g/mol. The Labute approximate surface area is 181 Å². The molecule has 1 heteroatoms. The summed E-state index contributed by atoms with van der Waals surface area (Å²) in [6.45, 7) is 12.7. The van der Waals surface area contributed by atoms with Gasteiger partial charge in [-0.15, -0.1) is 0 Å². The van der Waals surface area contributed by atoms with Crippen LogP contribution >= 0.6 is 0 Å². The van der Waals surface area contributed by atoms with Crippen molar-refractivity contribution in [3.05, 3.63) is 0 Å². The number of aliphatic hydroxyl groups is 1. The molecule has 1 N–H and O–H groups in total. The molecule has 0 aromatic heterocycles. The molecule has 0 amide bonds. The van der Waals surface area contributed by atoms with Crippen molar-refractivity contribution in [2.75, 3.05) is 0 Å². The smallest absolute Gasteiger partial charge is 0.0543 e. The maximum Gasteiger partial charge on any atom is 0.0543 e. The lowest BCUT2D eigenvalue weighted by atomic mass is 9.46. The van der Waals surface area contributed by atoms with Gasteiger partial charge in [0.25, 0.3) is 0 Å². The van der Waals surface area contributed by atoms with Gasteiger partial charge in [-0.1, -0.05) is 60.3 Å². The van der Waals surface area contributed by atoms with Crippen LogP contribution in [0.25, 0.3) is 0 Å². The first kappa shape index (κ1) is 22.2. The van der Waals surface area contributed by atoms with Crippen molar-refractivity contribution >= 4 is 0 Å². The van der Waals surface area contributed by atoms with E-state index in [9.17, 15) is 5.11 Å². The van der Waals surface area contributed by atoms with Gasteiger partial charge in [0.1, 0.15) is 0 Å². The third-order valence-corrected chi connectivity index (χ3v) is 11.1. The summed E-state index contributed by atoms with van der Waals surface area (Å²) in [5.41, 5.74) is 1.13. The maximum atomic E-state index is 10.4. The number of aliphatic hydroxyl groups excluding tert-OH is 1. The molecule has 0 heterocycles. The van der Waals surface area contributed by atoms with Gasteiger partial charge in [-0.05, 0) is 110 Å². The van der Waals surface area contributed by atoms with Crippen LogP contribution in [0, 0.1) is 52.3 Å². The highest BCUT2D eigenvalue weighted by molar-refractivity contribution is 5.09. The topological polar surface area (TPSA) is 20.2 Å². The predicted molar refractivity (Wildman–Crippen MR) is 124 cm³/mol. The molecule has 4 rings (SSSR count). The molecule has 1 nitrogen and oxygen atoms in total. The molecule has 4 saturated carbocycles. The summed E-state index contributed by atoms with van der Waals surface area (Å²) >= 11 is 0. The zero-order valence-corrected chi connectivity index (χ0v) is 20.3. The van der Waals surface area contributed by atoms with Crippen LogP contribution in [0.5, 0.6) is 0 Å². The van der Waals surface area contributed by atoms with Gasteiger partial charge in [0.2, 0.25) is 0 Å². The van der Waals surface area contributed by atoms with Crippen LogP contribution in [-0.4, -0.2) is 11.2 Å². The molecule has 0 radical (unpaired) electrons. The zero-order valence-electron chi connectivity index (χ0n) is 20.3. The van der Waals surface area contributed by atoms with Crippen LogP contribution in [0.15, 0.2) is 0 Å². The van der Waals surface area contributed by atoms with Crippen molar-refractivity contribution in [2.24, 2.45) is 52.3 Å². The average Bonchev–Trinajstić information content (AvgIpc) is 2.92. The van der Waals surface area contributed by atoms with Gasteiger partial charge >= 0.3 is 0 Å². The van der Waals surface area contributed by atoms with E-state index in [2.05, 4.69) is 34.6 Å². The summed E-state index contributed by atoms with van der Waals surface area (Å²) in [5, 5.41) is 10.4. The summed E-state index contributed by atoms with van der Waals surface area (Å²) in [4.78, 5) is 0. The molecule has 0 aromatic carbocycles. The van der Waals surface area contributed by atoms with Crippen LogP contribution in [0.4, 0.5) is 0 Å². The minimum atomic E-state index is -0.0187. The van der Waals surface area contributed by atoms with E-state index in [0.717, 1.165) is 54.3 Å². The Balaban J connectivity index is 1.47. The van der Waals surface area contributed by atoms with E-state index in [4.69, 9.17) is 0 Å². The number of hydrogen-bond donors (Lipinski definition) is 1. The van der Waals surface area contributed by atoms with Crippen LogP contribution < -0.4 is 0 Å². The Morgan fingerprint density at radius 1 is 0.828 bits per heavy atom. The predicted octanol–water partition coefficient (Wildman–Crippen LogP) is 7.86. The van der Waals surface area contributed by atoms with Gasteiger partial charge in [-0.25, -0.2) is 0 Å². The zero-order chi connectivity index (χ0) is 20.8. The molecule has 0 saturated heterocycles. The van der Waals surface area contributed by atoms with Crippen molar-refractivity contribution in [3.8, 4) is 0 Å². The normalized spacial score (nSPS) is 48.5. The van der Waals surface area contributed by atoms with E-state index in [1.165, 1.54) is 70.6 Å². The van der Waals surface area contributed by atoms with Gasteiger partial charge in [-0.2, -0.15) is 0 Å². The van der Waals surface area contributed by atoms with Crippen LogP contribution in [0.2, 0.25) is 0 Å². The monoisotopic (exact) mass is 402 g/mol. The van der Waals surface area contributed by atoms with Crippen LogP contribution in [-0.2, 0) is 0 Å². The van der Waals surface area contributed by atoms with Crippen molar-refractivity contribution in [1.82, 2.24) is 0 Å². The highest BCUT2D eigenvalue weighted by Crippen LogP contribution is 2.68. The second kappa shape index (κ2) is 8.48. The Morgan fingerprint density at radius 2 is 1.59 bits per heavy atom. The fraction of sp³-hybridized carbons (Fsp3) is 1.00. The van der Waals surface area contributed by atoms with E-state index < -0.39 is 0 Å². The minimum absolute atomic E-state index is 0.0187. The van der Waals surface area contributed by atoms with Crippen molar-refractivity contribution < 1.29 is 5.11 Å². The molecule has 0 spiro atoms. The molecule has 4 aliphatic rings.